The van der Waals surface area contributed by atoms with Crippen LogP contribution in [-0.4, -0.2) is 52.4 Å². The number of fused-ring (bicyclic) bond motifs is 2. The molecule has 4 atom stereocenters. The topological polar surface area (TPSA) is 36.4 Å². The first-order valence-electron chi connectivity index (χ1n) is 9.97. The van der Waals surface area contributed by atoms with Crippen molar-refractivity contribution < 1.29 is 4.79 Å². The molecule has 4 aliphatic rings. The van der Waals surface area contributed by atoms with Crippen LogP contribution in [0, 0.1) is 11.8 Å². The van der Waals surface area contributed by atoms with Crippen molar-refractivity contribution in [2.45, 2.75) is 50.6 Å². The smallest absolute Gasteiger partial charge is 0.250 e. The van der Waals surface area contributed by atoms with Crippen molar-refractivity contribution in [3.05, 3.63) is 35.7 Å². The number of aromatic nitrogens is 1. The van der Waals surface area contributed by atoms with Crippen LogP contribution in [0.1, 0.15) is 44.1 Å². The molecule has 4 unspecified atom stereocenters. The third-order valence-corrected chi connectivity index (χ3v) is 6.96. The third-order valence-electron chi connectivity index (χ3n) is 6.96. The first-order chi connectivity index (χ1) is 12.3. The van der Waals surface area contributed by atoms with Crippen LogP contribution in [0.2, 0.25) is 0 Å². The normalized spacial score (nSPS) is 36.9. The summed E-state index contributed by atoms with van der Waals surface area (Å²) in [6.45, 7) is 3.55. The molecular formula is C21H27N3O. The van der Waals surface area contributed by atoms with Crippen LogP contribution < -0.4 is 0 Å². The van der Waals surface area contributed by atoms with Crippen LogP contribution in [-0.2, 0) is 4.79 Å². The minimum Gasteiger partial charge on any atom is -0.335 e. The molecule has 1 aromatic rings. The summed E-state index contributed by atoms with van der Waals surface area (Å²) in [7, 11) is 0. The van der Waals surface area contributed by atoms with Crippen LogP contribution in [0.5, 0.6) is 0 Å². The lowest BCUT2D eigenvalue weighted by Gasteiger charge is -2.58. The van der Waals surface area contributed by atoms with E-state index in [1.807, 2.05) is 12.1 Å². The number of carbonyl (C=O) groups is 1. The van der Waals surface area contributed by atoms with E-state index in [1.165, 1.54) is 38.8 Å². The van der Waals surface area contributed by atoms with Gasteiger partial charge in [-0.2, -0.15) is 0 Å². The summed E-state index contributed by atoms with van der Waals surface area (Å²) in [5, 5.41) is 0. The van der Waals surface area contributed by atoms with Gasteiger partial charge in [0, 0.05) is 36.6 Å². The molecule has 4 fully saturated rings. The van der Waals surface area contributed by atoms with Gasteiger partial charge in [0.15, 0.2) is 0 Å². The monoisotopic (exact) mass is 337 g/mol. The average molecular weight is 337 g/mol. The van der Waals surface area contributed by atoms with Gasteiger partial charge in [-0.25, -0.2) is 0 Å². The van der Waals surface area contributed by atoms with Gasteiger partial charge in [0.2, 0.25) is 5.91 Å². The average Bonchev–Trinajstić information content (AvgIpc) is 2.66. The molecule has 0 aliphatic carbocycles. The van der Waals surface area contributed by atoms with Crippen molar-refractivity contribution in [1.82, 2.24) is 14.8 Å². The van der Waals surface area contributed by atoms with Crippen LogP contribution in [0.3, 0.4) is 0 Å². The number of carbonyl (C=O) groups excluding carboxylic acids is 1. The number of amides is 1. The molecule has 25 heavy (non-hydrogen) atoms. The zero-order valence-electron chi connectivity index (χ0n) is 14.8. The maximum atomic E-state index is 13.2. The Bertz CT molecular complexity index is 684. The van der Waals surface area contributed by atoms with Gasteiger partial charge in [0.1, 0.15) is 0 Å². The van der Waals surface area contributed by atoms with E-state index < -0.39 is 0 Å². The zero-order valence-corrected chi connectivity index (χ0v) is 14.8. The van der Waals surface area contributed by atoms with Gasteiger partial charge >= 0.3 is 0 Å². The molecule has 1 amide bonds. The van der Waals surface area contributed by atoms with Gasteiger partial charge in [-0.3, -0.25) is 14.7 Å². The highest BCUT2D eigenvalue weighted by atomic mass is 16.2. The van der Waals surface area contributed by atoms with E-state index >= 15 is 0 Å². The number of nitrogens with zero attached hydrogens (tertiary/aromatic N) is 3. The molecule has 4 heteroatoms. The van der Waals surface area contributed by atoms with E-state index in [9.17, 15) is 4.79 Å². The summed E-state index contributed by atoms with van der Waals surface area (Å²) >= 11 is 0. The minimum absolute atomic E-state index is 0.300. The predicted octanol–water partition coefficient (Wildman–Crippen LogP) is 2.96. The lowest BCUT2D eigenvalue weighted by molar-refractivity contribution is -0.145. The van der Waals surface area contributed by atoms with Crippen molar-refractivity contribution in [2.75, 3.05) is 19.6 Å². The maximum absolute atomic E-state index is 13.2. The van der Waals surface area contributed by atoms with Gasteiger partial charge in [-0.1, -0.05) is 0 Å². The summed E-state index contributed by atoms with van der Waals surface area (Å²) < 4.78 is 0. The Balaban J connectivity index is 1.43. The van der Waals surface area contributed by atoms with Gasteiger partial charge in [-0.15, -0.1) is 0 Å². The van der Waals surface area contributed by atoms with Crippen molar-refractivity contribution >= 4 is 12.0 Å². The molecule has 0 N–H and O–H groups in total. The molecule has 4 saturated heterocycles. The Kier molecular flexibility index (Phi) is 3.89. The highest BCUT2D eigenvalue weighted by molar-refractivity contribution is 5.98. The molecule has 5 heterocycles. The Hall–Kier alpha value is -1.68. The van der Waals surface area contributed by atoms with E-state index in [-0.39, 0.29) is 0 Å². The molecule has 5 rings (SSSR count). The van der Waals surface area contributed by atoms with E-state index in [2.05, 4.69) is 20.9 Å². The summed E-state index contributed by atoms with van der Waals surface area (Å²) in [6.07, 6.45) is 13.0. The number of rotatable bonds is 1. The van der Waals surface area contributed by atoms with E-state index in [0.717, 1.165) is 36.6 Å². The Labute approximate surface area is 149 Å². The number of piperidine rings is 4. The van der Waals surface area contributed by atoms with E-state index in [0.29, 0.717) is 23.8 Å². The summed E-state index contributed by atoms with van der Waals surface area (Å²) in [4.78, 5) is 22.3. The lowest BCUT2D eigenvalue weighted by atomic mass is 9.67. The number of pyridine rings is 1. The SMILES string of the molecule is O=C1/C(=C/c2ccncc2)CCC2C3CCCN4CCCC(CN12)C34. The zero-order chi connectivity index (χ0) is 16.8. The second-order valence-corrected chi connectivity index (χ2v) is 8.25. The second kappa shape index (κ2) is 6.24. The minimum atomic E-state index is 0.300. The van der Waals surface area contributed by atoms with Gasteiger partial charge in [0.25, 0.3) is 0 Å². The summed E-state index contributed by atoms with van der Waals surface area (Å²) in [6, 6.07) is 5.20. The van der Waals surface area contributed by atoms with Crippen LogP contribution in [0.4, 0.5) is 0 Å². The molecule has 0 saturated carbocycles. The van der Waals surface area contributed by atoms with Crippen LogP contribution >= 0.6 is 0 Å². The molecule has 0 spiro atoms. The van der Waals surface area contributed by atoms with Crippen LogP contribution in [0.15, 0.2) is 30.1 Å². The summed E-state index contributed by atoms with van der Waals surface area (Å²) in [5.41, 5.74) is 2.08. The first kappa shape index (κ1) is 15.6. The van der Waals surface area contributed by atoms with Gasteiger partial charge < -0.3 is 4.90 Å². The summed E-state index contributed by atoms with van der Waals surface area (Å²) in [5.74, 6) is 1.70. The van der Waals surface area contributed by atoms with Crippen molar-refractivity contribution in [2.24, 2.45) is 11.8 Å². The fourth-order valence-corrected chi connectivity index (χ4v) is 5.99. The van der Waals surface area contributed by atoms with E-state index in [4.69, 9.17) is 0 Å². The Morgan fingerprint density at radius 1 is 1.08 bits per heavy atom. The lowest BCUT2D eigenvalue weighted by Crippen LogP contribution is -2.66. The highest BCUT2D eigenvalue weighted by Crippen LogP contribution is 2.45. The molecule has 4 nitrogen and oxygen atoms in total. The fraction of sp³-hybridized carbons (Fsp3) is 0.619. The molecule has 0 bridgehead atoms. The molecule has 132 valence electrons. The Morgan fingerprint density at radius 2 is 1.88 bits per heavy atom. The molecule has 1 aromatic heterocycles. The second-order valence-electron chi connectivity index (χ2n) is 8.25. The Morgan fingerprint density at radius 3 is 2.72 bits per heavy atom. The number of hydrogen-bond donors (Lipinski definition) is 0. The standard InChI is InChI=1S/C21H27N3O/c25-21-16(13-15-7-9-22-10-8-15)5-6-19-18-4-2-12-23-11-1-3-17(20(18)23)14-24(19)21/h7-10,13,17-20H,1-6,11-12,14H2/b16-13+. The molecular weight excluding hydrogens is 310 g/mol. The van der Waals surface area contributed by atoms with E-state index in [1.54, 1.807) is 12.4 Å². The molecule has 4 aliphatic heterocycles. The van der Waals surface area contributed by atoms with Crippen molar-refractivity contribution in [3.63, 3.8) is 0 Å². The van der Waals surface area contributed by atoms with Crippen molar-refractivity contribution in [1.29, 1.82) is 0 Å². The quantitative estimate of drug-likeness (QED) is 0.739. The first-order valence-corrected chi connectivity index (χ1v) is 9.97. The van der Waals surface area contributed by atoms with Gasteiger partial charge in [-0.05, 0) is 87.2 Å². The van der Waals surface area contributed by atoms with Crippen LogP contribution in [0.25, 0.3) is 6.08 Å². The predicted molar refractivity (Wildman–Crippen MR) is 97.8 cm³/mol. The van der Waals surface area contributed by atoms with Crippen molar-refractivity contribution in [3.8, 4) is 0 Å². The largest absolute Gasteiger partial charge is 0.335 e. The van der Waals surface area contributed by atoms with Gasteiger partial charge in [0.05, 0.1) is 0 Å². The maximum Gasteiger partial charge on any atom is 0.250 e. The fourth-order valence-electron chi connectivity index (χ4n) is 5.99. The number of hydrogen-bond acceptors (Lipinski definition) is 3. The molecule has 0 radical (unpaired) electrons. The highest BCUT2D eigenvalue weighted by Gasteiger charge is 2.51. The third kappa shape index (κ3) is 2.62. The molecule has 0 aromatic carbocycles.